The monoisotopic (exact) mass is 184 g/mol. The average molecular weight is 184 g/mol. The Labute approximate surface area is 81.9 Å². The molecule has 0 fully saturated rings. The molecular formula is C12H8S. The lowest BCUT2D eigenvalue weighted by molar-refractivity contribution is 1.63. The van der Waals surface area contributed by atoms with Crippen molar-refractivity contribution >= 4 is 11.3 Å². The lowest BCUT2D eigenvalue weighted by Crippen LogP contribution is -1.75. The largest absolute Gasteiger partial charge is 0.152 e. The SMILES string of the molecule is C#Cc1ccc(-c2ccsc2)cc1. The number of hydrogen-bond donors (Lipinski definition) is 0. The van der Waals surface area contributed by atoms with Gasteiger partial charge in [0, 0.05) is 5.56 Å². The van der Waals surface area contributed by atoms with Crippen molar-refractivity contribution in [2.24, 2.45) is 0 Å². The molecular weight excluding hydrogens is 176 g/mol. The zero-order chi connectivity index (χ0) is 9.10. The van der Waals surface area contributed by atoms with E-state index in [0.29, 0.717) is 0 Å². The van der Waals surface area contributed by atoms with Gasteiger partial charge in [0.05, 0.1) is 0 Å². The molecule has 1 heteroatoms. The van der Waals surface area contributed by atoms with Gasteiger partial charge in [0.1, 0.15) is 0 Å². The molecule has 0 saturated heterocycles. The van der Waals surface area contributed by atoms with Gasteiger partial charge < -0.3 is 0 Å². The number of rotatable bonds is 1. The number of benzene rings is 1. The molecule has 0 bridgehead atoms. The van der Waals surface area contributed by atoms with Gasteiger partial charge in [-0.3, -0.25) is 0 Å². The number of hydrogen-bond acceptors (Lipinski definition) is 1. The van der Waals surface area contributed by atoms with E-state index >= 15 is 0 Å². The summed E-state index contributed by atoms with van der Waals surface area (Å²) in [5.41, 5.74) is 3.41. The first-order chi connectivity index (χ1) is 6.40. The van der Waals surface area contributed by atoms with Gasteiger partial charge in [-0.1, -0.05) is 18.1 Å². The smallest absolute Gasteiger partial charge is 0.0243 e. The van der Waals surface area contributed by atoms with Gasteiger partial charge in [-0.05, 0) is 40.1 Å². The van der Waals surface area contributed by atoms with Crippen LogP contribution in [0.3, 0.4) is 0 Å². The van der Waals surface area contributed by atoms with E-state index in [-0.39, 0.29) is 0 Å². The van der Waals surface area contributed by atoms with Gasteiger partial charge >= 0.3 is 0 Å². The molecule has 0 unspecified atom stereocenters. The lowest BCUT2D eigenvalue weighted by atomic mass is 10.1. The minimum atomic E-state index is 0.930. The molecule has 0 amide bonds. The normalized spacial score (nSPS) is 9.46. The summed E-state index contributed by atoms with van der Waals surface area (Å²) in [6.07, 6.45) is 5.27. The fourth-order valence-corrected chi connectivity index (χ4v) is 1.85. The maximum Gasteiger partial charge on any atom is 0.0243 e. The molecule has 0 aliphatic heterocycles. The van der Waals surface area contributed by atoms with Crippen LogP contribution in [0.4, 0.5) is 0 Å². The van der Waals surface area contributed by atoms with Crippen LogP contribution in [0, 0.1) is 12.3 Å². The molecule has 0 radical (unpaired) electrons. The zero-order valence-corrected chi connectivity index (χ0v) is 7.84. The van der Waals surface area contributed by atoms with Crippen LogP contribution in [-0.4, -0.2) is 0 Å². The van der Waals surface area contributed by atoms with Crippen LogP contribution < -0.4 is 0 Å². The first-order valence-electron chi connectivity index (χ1n) is 3.99. The molecule has 1 aromatic heterocycles. The molecule has 0 atom stereocenters. The van der Waals surface area contributed by atoms with Gasteiger partial charge in [0.25, 0.3) is 0 Å². The average Bonchev–Trinajstić information content (AvgIpc) is 2.71. The molecule has 0 spiro atoms. The summed E-state index contributed by atoms with van der Waals surface area (Å²) in [5, 5.41) is 4.20. The topological polar surface area (TPSA) is 0 Å². The number of thiophene rings is 1. The van der Waals surface area contributed by atoms with E-state index in [2.05, 4.69) is 34.9 Å². The third-order valence-electron chi connectivity index (χ3n) is 1.91. The van der Waals surface area contributed by atoms with Gasteiger partial charge in [0.2, 0.25) is 0 Å². The molecule has 0 aliphatic rings. The van der Waals surface area contributed by atoms with E-state index in [9.17, 15) is 0 Å². The molecule has 0 N–H and O–H groups in total. The predicted molar refractivity (Wildman–Crippen MR) is 57.7 cm³/mol. The van der Waals surface area contributed by atoms with Crippen molar-refractivity contribution < 1.29 is 0 Å². The van der Waals surface area contributed by atoms with Crippen LogP contribution in [0.2, 0.25) is 0 Å². The third-order valence-corrected chi connectivity index (χ3v) is 2.59. The third kappa shape index (κ3) is 1.63. The highest BCUT2D eigenvalue weighted by Crippen LogP contribution is 2.21. The van der Waals surface area contributed by atoms with Crippen molar-refractivity contribution in [1.29, 1.82) is 0 Å². The van der Waals surface area contributed by atoms with E-state index in [1.807, 2.05) is 12.1 Å². The standard InChI is InChI=1S/C12H8S/c1-2-10-3-5-11(6-4-10)12-7-8-13-9-12/h1,3-9H. The predicted octanol–water partition coefficient (Wildman–Crippen LogP) is 3.40. The summed E-state index contributed by atoms with van der Waals surface area (Å²) in [5.74, 6) is 2.60. The second kappa shape index (κ2) is 3.47. The highest BCUT2D eigenvalue weighted by molar-refractivity contribution is 7.08. The van der Waals surface area contributed by atoms with Crippen molar-refractivity contribution in [3.8, 4) is 23.5 Å². The molecule has 62 valence electrons. The van der Waals surface area contributed by atoms with Crippen molar-refractivity contribution in [1.82, 2.24) is 0 Å². The van der Waals surface area contributed by atoms with Crippen LogP contribution in [0.25, 0.3) is 11.1 Å². The lowest BCUT2D eigenvalue weighted by Gasteiger charge is -1.96. The van der Waals surface area contributed by atoms with Crippen LogP contribution in [0.1, 0.15) is 5.56 Å². The molecule has 0 aliphatic carbocycles. The van der Waals surface area contributed by atoms with Crippen LogP contribution >= 0.6 is 11.3 Å². The fourth-order valence-electron chi connectivity index (χ4n) is 1.19. The molecule has 13 heavy (non-hydrogen) atoms. The van der Waals surface area contributed by atoms with Gasteiger partial charge in [-0.25, -0.2) is 0 Å². The zero-order valence-electron chi connectivity index (χ0n) is 7.03. The summed E-state index contributed by atoms with van der Waals surface area (Å²) in [7, 11) is 0. The number of terminal acetylenes is 1. The molecule has 2 aromatic rings. The summed E-state index contributed by atoms with van der Waals surface area (Å²) in [4.78, 5) is 0. The second-order valence-corrected chi connectivity index (χ2v) is 3.51. The van der Waals surface area contributed by atoms with Crippen LogP contribution in [-0.2, 0) is 0 Å². The highest BCUT2D eigenvalue weighted by Gasteiger charge is 1.96. The van der Waals surface area contributed by atoms with Gasteiger partial charge in [-0.2, -0.15) is 11.3 Å². The molecule has 0 nitrogen and oxygen atoms in total. The van der Waals surface area contributed by atoms with E-state index < -0.39 is 0 Å². The van der Waals surface area contributed by atoms with E-state index in [1.54, 1.807) is 11.3 Å². The maximum absolute atomic E-state index is 5.27. The molecule has 2 rings (SSSR count). The summed E-state index contributed by atoms with van der Waals surface area (Å²) in [6, 6.07) is 10.1. The Morgan fingerprint density at radius 1 is 1.00 bits per heavy atom. The van der Waals surface area contributed by atoms with Crippen LogP contribution in [0.5, 0.6) is 0 Å². The Hall–Kier alpha value is -1.52. The Balaban J connectivity index is 2.40. The fraction of sp³-hybridized carbons (Fsp3) is 0. The molecule has 1 heterocycles. The quantitative estimate of drug-likeness (QED) is 0.596. The minimum absolute atomic E-state index is 0.930. The van der Waals surface area contributed by atoms with Crippen molar-refractivity contribution in [2.45, 2.75) is 0 Å². The molecule has 0 saturated carbocycles. The van der Waals surface area contributed by atoms with Crippen molar-refractivity contribution in [3.63, 3.8) is 0 Å². The van der Waals surface area contributed by atoms with Crippen molar-refractivity contribution in [3.05, 3.63) is 46.7 Å². The second-order valence-electron chi connectivity index (χ2n) is 2.73. The maximum atomic E-state index is 5.27. The van der Waals surface area contributed by atoms with Gasteiger partial charge in [-0.15, -0.1) is 6.42 Å². The Kier molecular flexibility index (Phi) is 2.16. The molecule has 1 aromatic carbocycles. The highest BCUT2D eigenvalue weighted by atomic mass is 32.1. The minimum Gasteiger partial charge on any atom is -0.152 e. The van der Waals surface area contributed by atoms with E-state index in [0.717, 1.165) is 5.56 Å². The van der Waals surface area contributed by atoms with E-state index in [4.69, 9.17) is 6.42 Å². The summed E-state index contributed by atoms with van der Waals surface area (Å²) in [6.45, 7) is 0. The van der Waals surface area contributed by atoms with E-state index in [1.165, 1.54) is 11.1 Å². The Bertz CT molecular complexity index is 415. The summed E-state index contributed by atoms with van der Waals surface area (Å²) < 4.78 is 0. The summed E-state index contributed by atoms with van der Waals surface area (Å²) >= 11 is 1.70. The first kappa shape index (κ1) is 8.10. The van der Waals surface area contributed by atoms with Crippen molar-refractivity contribution in [2.75, 3.05) is 0 Å². The Morgan fingerprint density at radius 3 is 2.31 bits per heavy atom. The van der Waals surface area contributed by atoms with Gasteiger partial charge in [0.15, 0.2) is 0 Å². The first-order valence-corrected chi connectivity index (χ1v) is 4.93. The van der Waals surface area contributed by atoms with Crippen LogP contribution in [0.15, 0.2) is 41.1 Å². The Morgan fingerprint density at radius 2 is 1.77 bits per heavy atom.